The first-order valence-electron chi connectivity index (χ1n) is 4.26. The quantitative estimate of drug-likeness (QED) is 0.749. The zero-order chi connectivity index (χ0) is 9.31. The maximum atomic E-state index is 10.3. The van der Waals surface area contributed by atoms with Gasteiger partial charge in [-0.25, -0.2) is 0 Å². The van der Waals surface area contributed by atoms with Gasteiger partial charge in [-0.3, -0.25) is 0 Å². The van der Waals surface area contributed by atoms with Crippen molar-refractivity contribution in [3.63, 3.8) is 0 Å². The number of rotatable bonds is 1. The maximum absolute atomic E-state index is 10.3. The van der Waals surface area contributed by atoms with Crippen LogP contribution < -0.4 is 5.32 Å². The summed E-state index contributed by atoms with van der Waals surface area (Å²) in [7, 11) is 0. The monoisotopic (exact) mass is 218 g/mol. The lowest BCUT2D eigenvalue weighted by atomic mass is 9.91. The van der Waals surface area contributed by atoms with Gasteiger partial charge < -0.3 is 10.4 Å². The zero-order valence-corrected chi connectivity index (χ0v) is 8.66. The first kappa shape index (κ1) is 9.40. The predicted molar refractivity (Wildman–Crippen MR) is 53.1 cm³/mol. The molecule has 1 saturated heterocycles. The third-order valence-corrected chi connectivity index (χ3v) is 3.77. The molecule has 5 heteroatoms. The van der Waals surface area contributed by atoms with Crippen molar-refractivity contribution in [3.05, 3.63) is 16.1 Å². The fourth-order valence-corrected chi connectivity index (χ4v) is 2.77. The van der Waals surface area contributed by atoms with Gasteiger partial charge in [0, 0.05) is 0 Å². The van der Waals surface area contributed by atoms with Crippen molar-refractivity contribution >= 4 is 23.1 Å². The Morgan fingerprint density at radius 2 is 2.23 bits per heavy atom. The van der Waals surface area contributed by atoms with E-state index in [1.165, 1.54) is 11.5 Å². The van der Waals surface area contributed by atoms with E-state index in [1.54, 1.807) is 6.20 Å². The first-order valence-corrected chi connectivity index (χ1v) is 5.41. The average Bonchev–Trinajstić information content (AvgIpc) is 2.53. The average molecular weight is 219 g/mol. The maximum Gasteiger partial charge on any atom is 0.104 e. The van der Waals surface area contributed by atoms with Crippen molar-refractivity contribution in [1.82, 2.24) is 9.69 Å². The smallest absolute Gasteiger partial charge is 0.104 e. The molecule has 1 aliphatic rings. The van der Waals surface area contributed by atoms with Crippen LogP contribution in [0.15, 0.2) is 6.20 Å². The summed E-state index contributed by atoms with van der Waals surface area (Å²) in [5.41, 5.74) is -0.747. The Bertz CT molecular complexity index is 296. The molecule has 1 aliphatic heterocycles. The van der Waals surface area contributed by atoms with Crippen LogP contribution in [0, 0.1) is 0 Å². The van der Waals surface area contributed by atoms with Crippen molar-refractivity contribution in [2.75, 3.05) is 13.1 Å². The molecule has 0 spiro atoms. The number of halogens is 1. The molecule has 1 aromatic rings. The van der Waals surface area contributed by atoms with Gasteiger partial charge in [0.2, 0.25) is 0 Å². The van der Waals surface area contributed by atoms with E-state index < -0.39 is 5.60 Å². The molecule has 3 nitrogen and oxygen atoms in total. The number of aliphatic hydroxyl groups is 1. The Morgan fingerprint density at radius 3 is 2.77 bits per heavy atom. The molecule has 0 radical (unpaired) electrons. The lowest BCUT2D eigenvalue weighted by molar-refractivity contribution is 0.00952. The van der Waals surface area contributed by atoms with Crippen LogP contribution in [0.25, 0.3) is 0 Å². The molecule has 0 amide bonds. The number of hydrogen-bond donors (Lipinski definition) is 2. The number of hydrogen-bond acceptors (Lipinski definition) is 4. The molecule has 13 heavy (non-hydrogen) atoms. The van der Waals surface area contributed by atoms with E-state index in [-0.39, 0.29) is 0 Å². The van der Waals surface area contributed by atoms with Crippen LogP contribution in [0.3, 0.4) is 0 Å². The predicted octanol–water partition coefficient (Wildman–Crippen LogP) is 1.37. The van der Waals surface area contributed by atoms with E-state index in [2.05, 4.69) is 9.69 Å². The van der Waals surface area contributed by atoms with E-state index in [0.717, 1.165) is 30.8 Å². The summed E-state index contributed by atoms with van der Waals surface area (Å²) >= 11 is 7.23. The highest BCUT2D eigenvalue weighted by Crippen LogP contribution is 2.37. The fourth-order valence-electron chi connectivity index (χ4n) is 1.60. The van der Waals surface area contributed by atoms with Crippen LogP contribution in [-0.2, 0) is 5.60 Å². The summed E-state index contributed by atoms with van der Waals surface area (Å²) in [5.74, 6) is 0. The van der Waals surface area contributed by atoms with Gasteiger partial charge in [-0.1, -0.05) is 11.6 Å². The number of piperidine rings is 1. The van der Waals surface area contributed by atoms with E-state index >= 15 is 0 Å². The van der Waals surface area contributed by atoms with E-state index in [0.29, 0.717) is 5.02 Å². The van der Waals surface area contributed by atoms with E-state index in [9.17, 15) is 5.11 Å². The summed E-state index contributed by atoms with van der Waals surface area (Å²) in [6.45, 7) is 1.68. The molecular formula is C8H11ClN2OS. The largest absolute Gasteiger partial charge is 0.384 e. The molecule has 2 rings (SSSR count). The topological polar surface area (TPSA) is 45.2 Å². The van der Waals surface area contributed by atoms with E-state index in [4.69, 9.17) is 11.6 Å². The van der Waals surface area contributed by atoms with Crippen LogP contribution in [-0.4, -0.2) is 22.6 Å². The standard InChI is InChI=1S/C8H11ClN2OS/c9-6-5-11-13-7(6)8(12)1-3-10-4-2-8/h5,10,12H,1-4H2. The normalized spacial score (nSPS) is 21.7. The molecule has 1 aromatic heterocycles. The highest BCUT2D eigenvalue weighted by atomic mass is 35.5. The Hall–Kier alpha value is -0.160. The van der Waals surface area contributed by atoms with Gasteiger partial charge in [0.25, 0.3) is 0 Å². The number of nitrogens with one attached hydrogen (secondary N) is 1. The SMILES string of the molecule is OC1(c2sncc2Cl)CCNCC1. The number of aromatic nitrogens is 1. The molecule has 0 bridgehead atoms. The summed E-state index contributed by atoms with van der Waals surface area (Å²) in [6.07, 6.45) is 3.03. The fraction of sp³-hybridized carbons (Fsp3) is 0.625. The first-order chi connectivity index (χ1) is 6.22. The van der Waals surface area contributed by atoms with Crippen LogP contribution in [0.5, 0.6) is 0 Å². The Labute approximate surface area is 85.9 Å². The number of nitrogens with zero attached hydrogens (tertiary/aromatic N) is 1. The molecule has 0 saturated carbocycles. The van der Waals surface area contributed by atoms with Gasteiger partial charge in [0.05, 0.1) is 16.1 Å². The van der Waals surface area contributed by atoms with E-state index in [1.807, 2.05) is 0 Å². The molecule has 2 N–H and O–H groups in total. The van der Waals surface area contributed by atoms with Crippen LogP contribution in [0.1, 0.15) is 17.7 Å². The van der Waals surface area contributed by atoms with Gasteiger partial charge in [-0.2, -0.15) is 4.37 Å². The summed E-state index contributed by atoms with van der Waals surface area (Å²) < 4.78 is 3.97. The third kappa shape index (κ3) is 1.72. The van der Waals surface area contributed by atoms with Crippen molar-refractivity contribution in [2.24, 2.45) is 0 Å². The minimum atomic E-state index is -0.747. The second kappa shape index (κ2) is 3.53. The Morgan fingerprint density at radius 1 is 1.54 bits per heavy atom. The molecule has 1 fully saturated rings. The van der Waals surface area contributed by atoms with Gasteiger partial charge in [-0.15, -0.1) is 0 Å². The molecular weight excluding hydrogens is 208 g/mol. The van der Waals surface area contributed by atoms with Crippen molar-refractivity contribution in [2.45, 2.75) is 18.4 Å². The summed E-state index contributed by atoms with van der Waals surface area (Å²) in [4.78, 5) is 0.815. The van der Waals surface area contributed by atoms with Crippen molar-refractivity contribution < 1.29 is 5.11 Å². The zero-order valence-electron chi connectivity index (χ0n) is 7.09. The van der Waals surface area contributed by atoms with Crippen LogP contribution >= 0.6 is 23.1 Å². The lowest BCUT2D eigenvalue weighted by Crippen LogP contribution is -2.39. The van der Waals surface area contributed by atoms with Gasteiger partial charge >= 0.3 is 0 Å². The minimum Gasteiger partial charge on any atom is -0.384 e. The second-order valence-electron chi connectivity index (χ2n) is 3.28. The Balaban J connectivity index is 2.27. The summed E-state index contributed by atoms with van der Waals surface area (Å²) in [5, 5.41) is 14.1. The molecule has 0 unspecified atom stereocenters. The van der Waals surface area contributed by atoms with Gasteiger partial charge in [-0.05, 0) is 37.5 Å². The third-order valence-electron chi connectivity index (χ3n) is 2.38. The summed E-state index contributed by atoms with van der Waals surface area (Å²) in [6, 6.07) is 0. The van der Waals surface area contributed by atoms with Gasteiger partial charge in [0.1, 0.15) is 5.60 Å². The molecule has 72 valence electrons. The Kier molecular flexibility index (Phi) is 2.55. The van der Waals surface area contributed by atoms with Crippen LogP contribution in [0.4, 0.5) is 0 Å². The molecule has 0 aliphatic carbocycles. The highest BCUT2D eigenvalue weighted by molar-refractivity contribution is 7.06. The molecule has 2 heterocycles. The minimum absolute atomic E-state index is 0.592. The van der Waals surface area contributed by atoms with Gasteiger partial charge in [0.15, 0.2) is 0 Å². The highest BCUT2D eigenvalue weighted by Gasteiger charge is 2.34. The van der Waals surface area contributed by atoms with Crippen LogP contribution in [0.2, 0.25) is 5.02 Å². The molecule has 0 atom stereocenters. The second-order valence-corrected chi connectivity index (χ2v) is 4.49. The van der Waals surface area contributed by atoms with Crippen molar-refractivity contribution in [1.29, 1.82) is 0 Å². The molecule has 0 aromatic carbocycles. The lowest BCUT2D eigenvalue weighted by Gasteiger charge is -2.31. The van der Waals surface area contributed by atoms with Crippen molar-refractivity contribution in [3.8, 4) is 0 Å².